The largest absolute Gasteiger partial charge is 0.376 e. The first-order valence-corrected chi connectivity index (χ1v) is 10.2. The van der Waals surface area contributed by atoms with E-state index in [9.17, 15) is 9.59 Å². The maximum Gasteiger partial charge on any atom is 0.295 e. The number of anilines is 3. The number of nitrogens with zero attached hydrogens (tertiary/aromatic N) is 3. The van der Waals surface area contributed by atoms with E-state index in [1.54, 1.807) is 16.4 Å². The summed E-state index contributed by atoms with van der Waals surface area (Å²) < 4.78 is 3.29. The summed E-state index contributed by atoms with van der Waals surface area (Å²) in [7, 11) is 1.80. The molecule has 2 aromatic carbocycles. The highest BCUT2D eigenvalue weighted by Gasteiger charge is 2.17. The fraction of sp³-hybridized carbons (Fsp3) is 0.304. The molecule has 158 valence electrons. The molecule has 30 heavy (non-hydrogen) atoms. The van der Waals surface area contributed by atoms with Crippen LogP contribution in [-0.2, 0) is 11.8 Å². The van der Waals surface area contributed by atoms with E-state index in [-0.39, 0.29) is 18.0 Å². The summed E-state index contributed by atoms with van der Waals surface area (Å²) in [5.41, 5.74) is 3.49. The first-order chi connectivity index (χ1) is 14.5. The van der Waals surface area contributed by atoms with Gasteiger partial charge in [-0.3, -0.25) is 14.3 Å². The Hall–Kier alpha value is -3.48. The Morgan fingerprint density at radius 3 is 2.23 bits per heavy atom. The zero-order valence-corrected chi connectivity index (χ0v) is 18.0. The molecule has 0 atom stereocenters. The first-order valence-electron chi connectivity index (χ1n) is 10.2. The molecular formula is C23H29N5O2. The highest BCUT2D eigenvalue weighted by Crippen LogP contribution is 2.18. The topological polar surface area (TPSA) is 71.3 Å². The van der Waals surface area contributed by atoms with Gasteiger partial charge in [-0.2, -0.15) is 0 Å². The molecule has 3 aromatic rings. The van der Waals surface area contributed by atoms with Crippen LogP contribution in [0, 0.1) is 6.92 Å². The quantitative estimate of drug-likeness (QED) is 0.601. The molecule has 7 nitrogen and oxygen atoms in total. The van der Waals surface area contributed by atoms with Gasteiger partial charge in [-0.25, -0.2) is 4.68 Å². The van der Waals surface area contributed by atoms with Crippen LogP contribution in [0.2, 0.25) is 0 Å². The summed E-state index contributed by atoms with van der Waals surface area (Å²) in [5, 5.41) is 5.88. The second-order valence-corrected chi connectivity index (χ2v) is 7.06. The standard InChI is InChI=1S/C23H29N5O2/c1-5-27(6-2)19-14-12-18(13-15-19)24-16-21(29)25-22-17(3)26(4)28(23(22)30)20-10-8-7-9-11-20/h7-15,24H,5-6,16H2,1-4H3,(H,25,29). The molecule has 0 radical (unpaired) electrons. The van der Waals surface area contributed by atoms with Crippen molar-refractivity contribution in [1.29, 1.82) is 0 Å². The molecule has 2 N–H and O–H groups in total. The van der Waals surface area contributed by atoms with Gasteiger partial charge in [-0.15, -0.1) is 0 Å². The van der Waals surface area contributed by atoms with Gasteiger partial charge >= 0.3 is 0 Å². The van der Waals surface area contributed by atoms with E-state index >= 15 is 0 Å². The average molecular weight is 408 g/mol. The number of benzene rings is 2. The van der Waals surface area contributed by atoms with Gasteiger partial charge in [0.05, 0.1) is 17.9 Å². The Morgan fingerprint density at radius 1 is 1.00 bits per heavy atom. The first kappa shape index (κ1) is 21.2. The van der Waals surface area contributed by atoms with Gasteiger partial charge in [-0.05, 0) is 57.2 Å². The molecule has 1 heterocycles. The van der Waals surface area contributed by atoms with Crippen molar-refractivity contribution in [1.82, 2.24) is 9.36 Å². The number of carbonyl (C=O) groups excluding carboxylic acids is 1. The van der Waals surface area contributed by atoms with Crippen molar-refractivity contribution in [3.63, 3.8) is 0 Å². The second-order valence-electron chi connectivity index (χ2n) is 7.06. The molecule has 0 saturated carbocycles. The zero-order chi connectivity index (χ0) is 21.7. The third kappa shape index (κ3) is 4.40. The minimum Gasteiger partial charge on any atom is -0.376 e. The lowest BCUT2D eigenvalue weighted by molar-refractivity contribution is -0.114. The molecule has 0 aliphatic rings. The number of carbonyl (C=O) groups is 1. The number of para-hydroxylation sites is 1. The van der Waals surface area contributed by atoms with E-state index < -0.39 is 0 Å². The molecule has 0 fully saturated rings. The van der Waals surface area contributed by atoms with Gasteiger partial charge in [-0.1, -0.05) is 18.2 Å². The molecule has 0 bridgehead atoms. The molecule has 7 heteroatoms. The van der Waals surface area contributed by atoms with Crippen molar-refractivity contribution in [3.8, 4) is 5.69 Å². The van der Waals surface area contributed by atoms with Crippen LogP contribution in [0.5, 0.6) is 0 Å². The van der Waals surface area contributed by atoms with E-state index in [1.165, 1.54) is 0 Å². The minimum atomic E-state index is -0.270. The van der Waals surface area contributed by atoms with Crippen LogP contribution in [0.3, 0.4) is 0 Å². The number of rotatable bonds is 8. The summed E-state index contributed by atoms with van der Waals surface area (Å²) >= 11 is 0. The fourth-order valence-corrected chi connectivity index (χ4v) is 3.46. The molecular weight excluding hydrogens is 378 g/mol. The van der Waals surface area contributed by atoms with E-state index in [1.807, 2.05) is 61.5 Å². The molecule has 0 saturated heterocycles. The van der Waals surface area contributed by atoms with Gasteiger partial charge in [0.1, 0.15) is 5.69 Å². The Bertz CT molecular complexity index is 1050. The van der Waals surface area contributed by atoms with Gasteiger partial charge in [0.25, 0.3) is 5.56 Å². The van der Waals surface area contributed by atoms with Crippen molar-refractivity contribution in [2.24, 2.45) is 7.05 Å². The predicted octanol–water partition coefficient (Wildman–Crippen LogP) is 3.38. The molecule has 0 aliphatic carbocycles. The van der Waals surface area contributed by atoms with Crippen molar-refractivity contribution in [3.05, 3.63) is 70.6 Å². The monoisotopic (exact) mass is 407 g/mol. The second kappa shape index (κ2) is 9.35. The number of amides is 1. The maximum atomic E-state index is 12.9. The third-order valence-corrected chi connectivity index (χ3v) is 5.27. The van der Waals surface area contributed by atoms with Crippen molar-refractivity contribution < 1.29 is 4.79 Å². The van der Waals surface area contributed by atoms with Gasteiger partial charge < -0.3 is 15.5 Å². The Balaban J connectivity index is 1.68. The van der Waals surface area contributed by atoms with E-state index in [0.717, 1.165) is 30.2 Å². The van der Waals surface area contributed by atoms with Crippen molar-refractivity contribution in [2.45, 2.75) is 20.8 Å². The Labute approximate surface area is 176 Å². The number of hydrogen-bond acceptors (Lipinski definition) is 4. The summed E-state index contributed by atoms with van der Waals surface area (Å²) in [6.45, 7) is 8.03. The van der Waals surface area contributed by atoms with Crippen LogP contribution >= 0.6 is 0 Å². The lowest BCUT2D eigenvalue weighted by Gasteiger charge is -2.21. The van der Waals surface area contributed by atoms with Crippen LogP contribution in [0.15, 0.2) is 59.4 Å². The number of aromatic nitrogens is 2. The van der Waals surface area contributed by atoms with E-state index in [0.29, 0.717) is 11.4 Å². The fourth-order valence-electron chi connectivity index (χ4n) is 3.46. The minimum absolute atomic E-state index is 0.0731. The summed E-state index contributed by atoms with van der Waals surface area (Å²) in [5.74, 6) is -0.270. The molecule has 1 aromatic heterocycles. The molecule has 3 rings (SSSR count). The highest BCUT2D eigenvalue weighted by molar-refractivity contribution is 5.94. The van der Waals surface area contributed by atoms with Crippen LogP contribution in [0.1, 0.15) is 19.5 Å². The zero-order valence-electron chi connectivity index (χ0n) is 18.0. The molecule has 0 unspecified atom stereocenters. The summed E-state index contributed by atoms with van der Waals surface area (Å²) in [6, 6.07) is 17.3. The average Bonchev–Trinajstić information content (AvgIpc) is 2.97. The van der Waals surface area contributed by atoms with Crippen molar-refractivity contribution in [2.75, 3.05) is 35.2 Å². The smallest absolute Gasteiger partial charge is 0.295 e. The third-order valence-electron chi connectivity index (χ3n) is 5.27. The molecule has 1 amide bonds. The molecule has 0 aliphatic heterocycles. The normalized spacial score (nSPS) is 10.7. The van der Waals surface area contributed by atoms with Gasteiger partial charge in [0, 0.05) is 31.5 Å². The van der Waals surface area contributed by atoms with E-state index in [4.69, 9.17) is 0 Å². The highest BCUT2D eigenvalue weighted by atomic mass is 16.2. The van der Waals surface area contributed by atoms with Crippen LogP contribution in [-0.4, -0.2) is 34.9 Å². The van der Waals surface area contributed by atoms with Gasteiger partial charge in [0.15, 0.2) is 0 Å². The van der Waals surface area contributed by atoms with Crippen molar-refractivity contribution >= 4 is 23.0 Å². The number of hydrogen-bond donors (Lipinski definition) is 2. The van der Waals surface area contributed by atoms with Crippen LogP contribution in [0.25, 0.3) is 5.69 Å². The number of nitrogens with one attached hydrogen (secondary N) is 2. The Morgan fingerprint density at radius 2 is 1.63 bits per heavy atom. The maximum absolute atomic E-state index is 12.9. The Kier molecular flexibility index (Phi) is 6.61. The summed E-state index contributed by atoms with van der Waals surface area (Å²) in [6.07, 6.45) is 0. The van der Waals surface area contributed by atoms with Crippen LogP contribution < -0.4 is 21.1 Å². The summed E-state index contributed by atoms with van der Waals surface area (Å²) in [4.78, 5) is 27.6. The predicted molar refractivity (Wildman–Crippen MR) is 123 cm³/mol. The lowest BCUT2D eigenvalue weighted by Crippen LogP contribution is -2.26. The molecule has 0 spiro atoms. The van der Waals surface area contributed by atoms with Crippen LogP contribution in [0.4, 0.5) is 17.1 Å². The lowest BCUT2D eigenvalue weighted by atomic mass is 10.2. The SMILES string of the molecule is CCN(CC)c1ccc(NCC(=O)Nc2c(C)n(C)n(-c3ccccc3)c2=O)cc1. The van der Waals surface area contributed by atoms with Gasteiger partial charge in [0.2, 0.25) is 5.91 Å². The van der Waals surface area contributed by atoms with E-state index in [2.05, 4.69) is 29.4 Å².